The molecule has 0 radical (unpaired) electrons. The largest absolute Gasteiger partial charge is 0.313 e. The molecule has 0 aliphatic heterocycles. The summed E-state index contributed by atoms with van der Waals surface area (Å²) in [5.74, 6) is 0.682. The Balaban J connectivity index is 1.72. The van der Waals surface area contributed by atoms with Gasteiger partial charge in [0, 0.05) is 16.6 Å². The summed E-state index contributed by atoms with van der Waals surface area (Å²) < 4.78 is 0. The standard InChI is InChI=1S/C18H23Cl2N/c1-13(2)15-5-3-14(4-6-15)12-21-10-9-16-7-8-17(19)11-18(16)20/h3,7-8,11,15,21H,1,4-6,9-10,12H2,2H3. The van der Waals surface area contributed by atoms with Crippen molar-refractivity contribution in [3.63, 3.8) is 0 Å². The molecule has 1 aliphatic carbocycles. The Morgan fingerprint density at radius 3 is 2.81 bits per heavy atom. The first kappa shape index (κ1) is 16.6. The Labute approximate surface area is 138 Å². The number of benzene rings is 1. The highest BCUT2D eigenvalue weighted by atomic mass is 35.5. The lowest BCUT2D eigenvalue weighted by Gasteiger charge is -2.22. The van der Waals surface area contributed by atoms with Gasteiger partial charge in [-0.25, -0.2) is 0 Å². The minimum atomic E-state index is 0.682. The second-order valence-electron chi connectivity index (χ2n) is 5.84. The van der Waals surface area contributed by atoms with E-state index in [1.165, 1.54) is 24.0 Å². The molecule has 1 aliphatic rings. The molecule has 0 spiro atoms. The van der Waals surface area contributed by atoms with Gasteiger partial charge in [0.05, 0.1) is 0 Å². The molecule has 21 heavy (non-hydrogen) atoms. The normalized spacial score (nSPS) is 18.4. The molecular formula is C18H23Cl2N. The summed E-state index contributed by atoms with van der Waals surface area (Å²) in [4.78, 5) is 0. The Bertz CT molecular complexity index is 534. The highest BCUT2D eigenvalue weighted by molar-refractivity contribution is 6.35. The van der Waals surface area contributed by atoms with Crippen LogP contribution in [-0.2, 0) is 6.42 Å². The number of hydrogen-bond donors (Lipinski definition) is 1. The topological polar surface area (TPSA) is 12.0 Å². The quantitative estimate of drug-likeness (QED) is 0.543. The number of hydrogen-bond acceptors (Lipinski definition) is 1. The second-order valence-corrected chi connectivity index (χ2v) is 6.69. The maximum absolute atomic E-state index is 6.17. The molecule has 114 valence electrons. The molecule has 0 fully saturated rings. The van der Waals surface area contributed by atoms with Gasteiger partial charge in [0.1, 0.15) is 0 Å². The zero-order chi connectivity index (χ0) is 15.2. The highest BCUT2D eigenvalue weighted by Gasteiger charge is 2.14. The summed E-state index contributed by atoms with van der Waals surface area (Å²) in [6, 6.07) is 5.70. The average molecular weight is 324 g/mol. The highest BCUT2D eigenvalue weighted by Crippen LogP contribution is 2.27. The van der Waals surface area contributed by atoms with Crippen molar-refractivity contribution in [3.05, 3.63) is 57.6 Å². The third kappa shape index (κ3) is 5.18. The van der Waals surface area contributed by atoms with Crippen LogP contribution >= 0.6 is 23.2 Å². The lowest BCUT2D eigenvalue weighted by Crippen LogP contribution is -2.22. The molecule has 1 nitrogen and oxygen atoms in total. The van der Waals surface area contributed by atoms with Crippen LogP contribution in [0.1, 0.15) is 31.7 Å². The summed E-state index contributed by atoms with van der Waals surface area (Å²) in [5, 5.41) is 4.95. The van der Waals surface area contributed by atoms with Crippen molar-refractivity contribution in [1.29, 1.82) is 0 Å². The predicted molar refractivity (Wildman–Crippen MR) is 93.3 cm³/mol. The fourth-order valence-electron chi connectivity index (χ4n) is 2.69. The van der Waals surface area contributed by atoms with E-state index in [0.717, 1.165) is 36.5 Å². The van der Waals surface area contributed by atoms with E-state index in [0.29, 0.717) is 10.9 Å². The first-order valence-electron chi connectivity index (χ1n) is 7.54. The SMILES string of the molecule is C=C(C)C1CC=C(CNCCc2ccc(Cl)cc2Cl)CC1. The first-order chi connectivity index (χ1) is 10.1. The fourth-order valence-corrected chi connectivity index (χ4v) is 3.20. The van der Waals surface area contributed by atoms with Crippen LogP contribution < -0.4 is 5.32 Å². The van der Waals surface area contributed by atoms with Gasteiger partial charge in [0.2, 0.25) is 0 Å². The molecule has 0 saturated heterocycles. The zero-order valence-electron chi connectivity index (χ0n) is 12.6. The molecule has 0 heterocycles. The van der Waals surface area contributed by atoms with Crippen LogP contribution in [-0.4, -0.2) is 13.1 Å². The Morgan fingerprint density at radius 1 is 1.38 bits per heavy atom. The lowest BCUT2D eigenvalue weighted by molar-refractivity contribution is 0.528. The second kappa shape index (κ2) is 8.03. The molecular weight excluding hydrogens is 301 g/mol. The van der Waals surface area contributed by atoms with Gasteiger partial charge >= 0.3 is 0 Å². The van der Waals surface area contributed by atoms with E-state index in [1.54, 1.807) is 6.07 Å². The van der Waals surface area contributed by atoms with E-state index in [1.807, 2.05) is 12.1 Å². The fraction of sp³-hybridized carbons (Fsp3) is 0.444. The van der Waals surface area contributed by atoms with Gasteiger partial charge in [0.15, 0.2) is 0 Å². The van der Waals surface area contributed by atoms with Crippen LogP contribution in [0.4, 0.5) is 0 Å². The minimum absolute atomic E-state index is 0.682. The van der Waals surface area contributed by atoms with Gasteiger partial charge < -0.3 is 5.32 Å². The van der Waals surface area contributed by atoms with Crippen LogP contribution in [0, 0.1) is 5.92 Å². The Morgan fingerprint density at radius 2 is 2.19 bits per heavy atom. The van der Waals surface area contributed by atoms with E-state index in [2.05, 4.69) is 24.9 Å². The van der Waals surface area contributed by atoms with Crippen molar-refractivity contribution in [2.45, 2.75) is 32.6 Å². The van der Waals surface area contributed by atoms with E-state index in [4.69, 9.17) is 23.2 Å². The van der Waals surface area contributed by atoms with E-state index in [9.17, 15) is 0 Å². The number of allylic oxidation sites excluding steroid dienone is 2. The smallest absolute Gasteiger partial charge is 0.0453 e. The van der Waals surface area contributed by atoms with Crippen molar-refractivity contribution in [2.75, 3.05) is 13.1 Å². The zero-order valence-corrected chi connectivity index (χ0v) is 14.1. The van der Waals surface area contributed by atoms with E-state index >= 15 is 0 Å². The molecule has 1 aromatic rings. The van der Waals surface area contributed by atoms with Crippen molar-refractivity contribution in [1.82, 2.24) is 5.32 Å². The molecule has 0 bridgehead atoms. The van der Waals surface area contributed by atoms with Crippen LogP contribution in [0.3, 0.4) is 0 Å². The molecule has 0 aromatic heterocycles. The predicted octanol–water partition coefficient (Wildman–Crippen LogP) is 5.43. The monoisotopic (exact) mass is 323 g/mol. The van der Waals surface area contributed by atoms with Gasteiger partial charge in [-0.1, -0.05) is 53.1 Å². The van der Waals surface area contributed by atoms with Crippen LogP contribution in [0.2, 0.25) is 10.0 Å². The molecule has 0 amide bonds. The molecule has 0 saturated carbocycles. The van der Waals surface area contributed by atoms with E-state index < -0.39 is 0 Å². The maximum Gasteiger partial charge on any atom is 0.0453 e. The van der Waals surface area contributed by atoms with Gasteiger partial charge in [0.25, 0.3) is 0 Å². The van der Waals surface area contributed by atoms with Crippen LogP contribution in [0.5, 0.6) is 0 Å². The minimum Gasteiger partial charge on any atom is -0.313 e. The van der Waals surface area contributed by atoms with Gasteiger partial charge in [-0.2, -0.15) is 0 Å². The third-order valence-electron chi connectivity index (χ3n) is 4.14. The van der Waals surface area contributed by atoms with Gasteiger partial charge in [-0.3, -0.25) is 0 Å². The Kier molecular flexibility index (Phi) is 6.35. The average Bonchev–Trinajstić information content (AvgIpc) is 2.46. The molecule has 1 unspecified atom stereocenters. The number of halogens is 2. The molecule has 2 rings (SSSR count). The lowest BCUT2D eigenvalue weighted by atomic mass is 9.85. The van der Waals surface area contributed by atoms with Gasteiger partial charge in [-0.15, -0.1) is 0 Å². The van der Waals surface area contributed by atoms with E-state index in [-0.39, 0.29) is 0 Å². The molecule has 3 heteroatoms. The first-order valence-corrected chi connectivity index (χ1v) is 8.30. The molecule has 1 N–H and O–H groups in total. The number of nitrogens with one attached hydrogen (secondary N) is 1. The molecule has 1 aromatic carbocycles. The van der Waals surface area contributed by atoms with Crippen molar-refractivity contribution in [3.8, 4) is 0 Å². The summed E-state index contributed by atoms with van der Waals surface area (Å²) >= 11 is 12.1. The maximum atomic E-state index is 6.17. The van der Waals surface area contributed by atoms with Crippen LogP contribution in [0.25, 0.3) is 0 Å². The summed E-state index contributed by atoms with van der Waals surface area (Å²) in [5.41, 5.74) is 3.99. The summed E-state index contributed by atoms with van der Waals surface area (Å²) in [6.07, 6.45) is 6.89. The van der Waals surface area contributed by atoms with Crippen LogP contribution in [0.15, 0.2) is 42.0 Å². The third-order valence-corrected chi connectivity index (χ3v) is 4.73. The number of rotatable bonds is 6. The van der Waals surface area contributed by atoms with Crippen molar-refractivity contribution in [2.24, 2.45) is 5.92 Å². The van der Waals surface area contributed by atoms with Gasteiger partial charge in [-0.05, 0) is 62.8 Å². The Hall–Kier alpha value is -0.760. The molecule has 1 atom stereocenters. The summed E-state index contributed by atoms with van der Waals surface area (Å²) in [7, 11) is 0. The summed E-state index contributed by atoms with van der Waals surface area (Å²) in [6.45, 7) is 8.11. The van der Waals surface area contributed by atoms with Crippen molar-refractivity contribution < 1.29 is 0 Å². The van der Waals surface area contributed by atoms with Crippen molar-refractivity contribution >= 4 is 23.2 Å².